The van der Waals surface area contributed by atoms with Gasteiger partial charge in [-0.25, -0.2) is 0 Å². The molecule has 0 bridgehead atoms. The highest BCUT2D eigenvalue weighted by Gasteiger charge is 2.18. The molecular formula is C16H27NOS. The van der Waals surface area contributed by atoms with Crippen LogP contribution in [0, 0.1) is 0 Å². The van der Waals surface area contributed by atoms with Gasteiger partial charge in [-0.3, -0.25) is 0 Å². The van der Waals surface area contributed by atoms with Gasteiger partial charge in [-0.05, 0) is 36.3 Å². The van der Waals surface area contributed by atoms with Crippen molar-refractivity contribution in [3.8, 4) is 5.75 Å². The molecule has 2 N–H and O–H groups in total. The lowest BCUT2D eigenvalue weighted by molar-refractivity contribution is 0.414. The maximum atomic E-state index is 6.28. The van der Waals surface area contributed by atoms with Crippen molar-refractivity contribution >= 4 is 11.8 Å². The fourth-order valence-corrected chi connectivity index (χ4v) is 3.45. The summed E-state index contributed by atoms with van der Waals surface area (Å²) in [5.41, 5.74) is 7.60. The van der Waals surface area contributed by atoms with E-state index in [1.807, 2.05) is 23.9 Å². The zero-order chi connectivity index (χ0) is 14.1. The average molecular weight is 281 g/mol. The molecule has 2 unspecified atom stereocenters. The number of ether oxygens (including phenoxy) is 1. The summed E-state index contributed by atoms with van der Waals surface area (Å²) in [6.07, 6.45) is 4.87. The molecule has 0 aliphatic rings. The first-order chi connectivity index (χ1) is 9.22. The summed E-state index contributed by atoms with van der Waals surface area (Å²) in [7, 11) is 1.70. The van der Waals surface area contributed by atoms with E-state index in [2.05, 4.69) is 26.0 Å². The van der Waals surface area contributed by atoms with E-state index in [4.69, 9.17) is 10.5 Å². The van der Waals surface area contributed by atoms with Crippen LogP contribution in [0.3, 0.4) is 0 Å². The number of unbranched alkanes of at least 4 members (excludes halogenated alkanes) is 2. The number of nitrogens with two attached hydrogens (primary N) is 1. The first kappa shape index (κ1) is 16.4. The van der Waals surface area contributed by atoms with Crippen LogP contribution in [0.2, 0.25) is 0 Å². The first-order valence-corrected chi connectivity index (χ1v) is 8.28. The summed E-state index contributed by atoms with van der Waals surface area (Å²) in [5, 5.41) is 0.396. The molecule has 0 radical (unpaired) electrons. The molecule has 19 heavy (non-hydrogen) atoms. The Morgan fingerprint density at radius 3 is 2.37 bits per heavy atom. The number of methoxy groups -OCH3 is 1. The highest BCUT2D eigenvalue weighted by molar-refractivity contribution is 7.99. The minimum atomic E-state index is 0.222. The Kier molecular flexibility index (Phi) is 7.99. The quantitative estimate of drug-likeness (QED) is 0.681. The minimum Gasteiger partial charge on any atom is -0.497 e. The highest BCUT2D eigenvalue weighted by Crippen LogP contribution is 2.34. The third-order valence-electron chi connectivity index (χ3n) is 3.35. The fraction of sp³-hybridized carbons (Fsp3) is 0.625. The molecule has 0 heterocycles. The van der Waals surface area contributed by atoms with E-state index in [-0.39, 0.29) is 6.04 Å². The molecule has 2 nitrogen and oxygen atoms in total. The molecular weight excluding hydrogens is 254 g/mol. The van der Waals surface area contributed by atoms with Crippen LogP contribution in [-0.4, -0.2) is 18.9 Å². The zero-order valence-electron chi connectivity index (χ0n) is 12.4. The standard InChI is InChI=1S/C16H27NOS/c1-4-6-7-12-19-16(15(17)5-2)13-8-10-14(18-3)11-9-13/h8-11,15-16H,4-7,12,17H2,1-3H3. The van der Waals surface area contributed by atoms with Crippen molar-refractivity contribution in [2.45, 2.75) is 50.8 Å². The normalized spacial score (nSPS) is 14.1. The largest absolute Gasteiger partial charge is 0.497 e. The second-order valence-electron chi connectivity index (χ2n) is 4.84. The van der Waals surface area contributed by atoms with Gasteiger partial charge in [0.25, 0.3) is 0 Å². The Morgan fingerprint density at radius 2 is 1.84 bits per heavy atom. The van der Waals surface area contributed by atoms with Gasteiger partial charge in [-0.15, -0.1) is 0 Å². The van der Waals surface area contributed by atoms with E-state index in [0.717, 1.165) is 12.2 Å². The van der Waals surface area contributed by atoms with Crippen LogP contribution in [0.4, 0.5) is 0 Å². The molecule has 3 heteroatoms. The van der Waals surface area contributed by atoms with Gasteiger partial charge in [0.15, 0.2) is 0 Å². The minimum absolute atomic E-state index is 0.222. The molecule has 0 aromatic heterocycles. The molecule has 2 atom stereocenters. The van der Waals surface area contributed by atoms with E-state index in [1.54, 1.807) is 7.11 Å². The van der Waals surface area contributed by atoms with Crippen LogP contribution >= 0.6 is 11.8 Å². The number of benzene rings is 1. The number of hydrogen-bond donors (Lipinski definition) is 1. The highest BCUT2D eigenvalue weighted by atomic mass is 32.2. The number of rotatable bonds is 9. The SMILES string of the molecule is CCCCCSC(c1ccc(OC)cc1)C(N)CC. The molecule has 108 valence electrons. The molecule has 0 aliphatic carbocycles. The Bertz CT molecular complexity index is 339. The third-order valence-corrected chi connectivity index (χ3v) is 4.86. The van der Waals surface area contributed by atoms with Gasteiger partial charge in [0.1, 0.15) is 5.75 Å². The molecule has 0 amide bonds. The fourth-order valence-electron chi connectivity index (χ4n) is 2.04. The van der Waals surface area contributed by atoms with Crippen molar-refractivity contribution in [1.29, 1.82) is 0 Å². The van der Waals surface area contributed by atoms with Gasteiger partial charge in [0.05, 0.1) is 7.11 Å². The summed E-state index contributed by atoms with van der Waals surface area (Å²) in [4.78, 5) is 0. The lowest BCUT2D eigenvalue weighted by Gasteiger charge is -2.23. The molecule has 1 rings (SSSR count). The zero-order valence-corrected chi connectivity index (χ0v) is 13.2. The maximum absolute atomic E-state index is 6.28. The Hall–Kier alpha value is -0.670. The predicted octanol–water partition coefficient (Wildman–Crippen LogP) is 4.40. The van der Waals surface area contributed by atoms with Crippen LogP contribution in [-0.2, 0) is 0 Å². The Morgan fingerprint density at radius 1 is 1.16 bits per heavy atom. The van der Waals surface area contributed by atoms with Crippen LogP contribution in [0.5, 0.6) is 5.75 Å². The van der Waals surface area contributed by atoms with Crippen molar-refractivity contribution in [2.75, 3.05) is 12.9 Å². The van der Waals surface area contributed by atoms with Crippen molar-refractivity contribution in [2.24, 2.45) is 5.73 Å². The van der Waals surface area contributed by atoms with Crippen molar-refractivity contribution in [3.63, 3.8) is 0 Å². The van der Waals surface area contributed by atoms with Crippen molar-refractivity contribution < 1.29 is 4.74 Å². The summed E-state index contributed by atoms with van der Waals surface area (Å²) in [6, 6.07) is 8.56. The average Bonchev–Trinajstić information content (AvgIpc) is 2.47. The predicted molar refractivity (Wildman–Crippen MR) is 86.0 cm³/mol. The van der Waals surface area contributed by atoms with Gasteiger partial charge in [-0.1, -0.05) is 38.8 Å². The van der Waals surface area contributed by atoms with Crippen molar-refractivity contribution in [1.82, 2.24) is 0 Å². The number of thioether (sulfide) groups is 1. The van der Waals surface area contributed by atoms with E-state index < -0.39 is 0 Å². The first-order valence-electron chi connectivity index (χ1n) is 7.24. The smallest absolute Gasteiger partial charge is 0.118 e. The number of hydrogen-bond acceptors (Lipinski definition) is 3. The van der Waals surface area contributed by atoms with Gasteiger partial charge >= 0.3 is 0 Å². The summed E-state index contributed by atoms with van der Waals surface area (Å²) < 4.78 is 5.21. The van der Waals surface area contributed by atoms with E-state index in [9.17, 15) is 0 Å². The third kappa shape index (κ3) is 5.45. The van der Waals surface area contributed by atoms with Crippen LogP contribution in [0.25, 0.3) is 0 Å². The lowest BCUT2D eigenvalue weighted by Crippen LogP contribution is -2.25. The van der Waals surface area contributed by atoms with E-state index in [1.165, 1.54) is 30.6 Å². The van der Waals surface area contributed by atoms with Crippen LogP contribution in [0.1, 0.15) is 50.3 Å². The molecule has 0 saturated heterocycles. The monoisotopic (exact) mass is 281 g/mol. The van der Waals surface area contributed by atoms with Gasteiger partial charge in [0.2, 0.25) is 0 Å². The topological polar surface area (TPSA) is 35.2 Å². The summed E-state index contributed by atoms with van der Waals surface area (Å²) in [6.45, 7) is 4.40. The van der Waals surface area contributed by atoms with Crippen LogP contribution < -0.4 is 10.5 Å². The molecule has 1 aromatic rings. The molecule has 0 fully saturated rings. The van der Waals surface area contributed by atoms with Crippen molar-refractivity contribution in [3.05, 3.63) is 29.8 Å². The van der Waals surface area contributed by atoms with E-state index >= 15 is 0 Å². The van der Waals surface area contributed by atoms with Crippen LogP contribution in [0.15, 0.2) is 24.3 Å². The van der Waals surface area contributed by atoms with Gasteiger partial charge in [0, 0.05) is 11.3 Å². The molecule has 0 spiro atoms. The maximum Gasteiger partial charge on any atom is 0.118 e. The molecule has 0 aliphatic heterocycles. The van der Waals surface area contributed by atoms with Gasteiger partial charge < -0.3 is 10.5 Å². The second kappa shape index (κ2) is 9.27. The Labute approximate surface area is 122 Å². The molecule has 0 saturated carbocycles. The lowest BCUT2D eigenvalue weighted by atomic mass is 10.0. The molecule has 1 aromatic carbocycles. The second-order valence-corrected chi connectivity index (χ2v) is 6.09. The van der Waals surface area contributed by atoms with Gasteiger partial charge in [-0.2, -0.15) is 11.8 Å². The van der Waals surface area contributed by atoms with E-state index in [0.29, 0.717) is 5.25 Å². The summed E-state index contributed by atoms with van der Waals surface area (Å²) >= 11 is 1.99. The summed E-state index contributed by atoms with van der Waals surface area (Å²) in [5.74, 6) is 2.10. The Balaban J connectivity index is 2.66.